The SMILES string of the molecule is CC(=O)CCC(C(C)=O)c1cc(C(C)(C)C)ccc1Cl. The Labute approximate surface area is 126 Å². The molecule has 0 heterocycles. The summed E-state index contributed by atoms with van der Waals surface area (Å²) in [6.45, 7) is 9.48. The normalized spacial score (nSPS) is 13.1. The fourth-order valence-corrected chi connectivity index (χ4v) is 2.45. The number of rotatable bonds is 5. The highest BCUT2D eigenvalue weighted by Crippen LogP contribution is 2.33. The van der Waals surface area contributed by atoms with Crippen molar-refractivity contribution in [1.29, 1.82) is 0 Å². The third-order valence-electron chi connectivity index (χ3n) is 3.51. The van der Waals surface area contributed by atoms with Gasteiger partial charge in [0.1, 0.15) is 11.6 Å². The van der Waals surface area contributed by atoms with E-state index in [-0.39, 0.29) is 22.9 Å². The van der Waals surface area contributed by atoms with Gasteiger partial charge in [0.2, 0.25) is 0 Å². The summed E-state index contributed by atoms with van der Waals surface area (Å²) in [6.07, 6.45) is 0.929. The Morgan fingerprint density at radius 2 is 1.80 bits per heavy atom. The molecular weight excluding hydrogens is 272 g/mol. The zero-order valence-corrected chi connectivity index (χ0v) is 13.7. The smallest absolute Gasteiger partial charge is 0.137 e. The van der Waals surface area contributed by atoms with Crippen LogP contribution in [0.1, 0.15) is 64.5 Å². The monoisotopic (exact) mass is 294 g/mol. The Kier molecular flexibility index (Phi) is 5.52. The summed E-state index contributed by atoms with van der Waals surface area (Å²) in [6, 6.07) is 5.85. The van der Waals surface area contributed by atoms with Crippen molar-refractivity contribution in [2.75, 3.05) is 0 Å². The molecule has 20 heavy (non-hydrogen) atoms. The topological polar surface area (TPSA) is 34.1 Å². The van der Waals surface area contributed by atoms with Crippen molar-refractivity contribution >= 4 is 23.2 Å². The second kappa shape index (κ2) is 6.53. The van der Waals surface area contributed by atoms with Gasteiger partial charge in [0.15, 0.2) is 0 Å². The van der Waals surface area contributed by atoms with Crippen molar-refractivity contribution in [1.82, 2.24) is 0 Å². The first kappa shape index (κ1) is 16.9. The number of carbonyl (C=O) groups excluding carboxylic acids is 2. The van der Waals surface area contributed by atoms with Gasteiger partial charge in [0, 0.05) is 17.4 Å². The number of ketones is 2. The van der Waals surface area contributed by atoms with E-state index in [1.165, 1.54) is 0 Å². The van der Waals surface area contributed by atoms with Crippen LogP contribution in [0.25, 0.3) is 0 Å². The van der Waals surface area contributed by atoms with Gasteiger partial charge in [0.05, 0.1) is 0 Å². The van der Waals surface area contributed by atoms with E-state index < -0.39 is 0 Å². The van der Waals surface area contributed by atoms with E-state index in [0.717, 1.165) is 11.1 Å². The Morgan fingerprint density at radius 3 is 2.25 bits per heavy atom. The molecule has 110 valence electrons. The van der Waals surface area contributed by atoms with Crippen LogP contribution in [0.3, 0.4) is 0 Å². The number of hydrogen-bond donors (Lipinski definition) is 0. The molecule has 0 aromatic heterocycles. The fraction of sp³-hybridized carbons (Fsp3) is 0.529. The maximum Gasteiger partial charge on any atom is 0.137 e. The van der Waals surface area contributed by atoms with Gasteiger partial charge in [-0.05, 0) is 42.9 Å². The van der Waals surface area contributed by atoms with Crippen molar-refractivity contribution in [3.63, 3.8) is 0 Å². The van der Waals surface area contributed by atoms with E-state index >= 15 is 0 Å². The molecule has 0 aliphatic carbocycles. The quantitative estimate of drug-likeness (QED) is 0.790. The average Bonchev–Trinajstić information content (AvgIpc) is 2.29. The van der Waals surface area contributed by atoms with Gasteiger partial charge in [-0.3, -0.25) is 4.79 Å². The van der Waals surface area contributed by atoms with Gasteiger partial charge in [-0.1, -0.05) is 44.5 Å². The molecule has 1 rings (SSSR count). The summed E-state index contributed by atoms with van der Waals surface area (Å²) in [5, 5.41) is 0.599. The molecule has 3 heteroatoms. The van der Waals surface area contributed by atoms with Crippen molar-refractivity contribution < 1.29 is 9.59 Å². The highest BCUT2D eigenvalue weighted by atomic mass is 35.5. The van der Waals surface area contributed by atoms with Crippen molar-refractivity contribution in [2.24, 2.45) is 0 Å². The maximum absolute atomic E-state index is 11.9. The summed E-state index contributed by atoms with van der Waals surface area (Å²) in [5.41, 5.74) is 1.99. The maximum atomic E-state index is 11.9. The Hall–Kier alpha value is -1.15. The van der Waals surface area contributed by atoms with E-state index in [9.17, 15) is 9.59 Å². The Bertz CT molecular complexity index is 512. The van der Waals surface area contributed by atoms with Crippen LogP contribution in [0.5, 0.6) is 0 Å². The molecule has 1 aromatic carbocycles. The molecule has 0 bridgehead atoms. The first-order valence-electron chi connectivity index (χ1n) is 6.92. The minimum atomic E-state index is -0.298. The van der Waals surface area contributed by atoms with Gasteiger partial charge in [0.25, 0.3) is 0 Å². The molecule has 1 unspecified atom stereocenters. The van der Waals surface area contributed by atoms with Crippen LogP contribution in [-0.2, 0) is 15.0 Å². The van der Waals surface area contributed by atoms with E-state index in [4.69, 9.17) is 11.6 Å². The number of Topliss-reactive ketones (excluding diaryl/α,β-unsaturated/α-hetero) is 2. The molecule has 2 nitrogen and oxygen atoms in total. The van der Waals surface area contributed by atoms with Gasteiger partial charge >= 0.3 is 0 Å². The lowest BCUT2D eigenvalue weighted by Crippen LogP contribution is -2.15. The summed E-state index contributed by atoms with van der Waals surface area (Å²) in [4.78, 5) is 23.1. The Balaban J connectivity index is 3.18. The first-order valence-corrected chi connectivity index (χ1v) is 7.30. The highest BCUT2D eigenvalue weighted by Gasteiger charge is 2.23. The molecule has 0 amide bonds. The number of halogens is 1. The second-order valence-electron chi connectivity index (χ2n) is 6.39. The molecule has 1 atom stereocenters. The predicted molar refractivity (Wildman–Crippen MR) is 83.5 cm³/mol. The molecule has 0 aliphatic heterocycles. The fourth-order valence-electron chi connectivity index (χ4n) is 2.20. The molecule has 0 saturated heterocycles. The van der Waals surface area contributed by atoms with E-state index in [2.05, 4.69) is 20.8 Å². The standard InChI is InChI=1S/C17H23ClO2/c1-11(19)6-8-14(12(2)20)15-10-13(17(3,4)5)7-9-16(15)18/h7,9-10,14H,6,8H2,1-5H3. The third-order valence-corrected chi connectivity index (χ3v) is 3.86. The lowest BCUT2D eigenvalue weighted by atomic mass is 9.82. The van der Waals surface area contributed by atoms with Gasteiger partial charge in [-0.2, -0.15) is 0 Å². The number of carbonyl (C=O) groups is 2. The van der Waals surface area contributed by atoms with Crippen LogP contribution in [0.4, 0.5) is 0 Å². The summed E-state index contributed by atoms with van der Waals surface area (Å²) in [7, 11) is 0. The number of hydrogen-bond acceptors (Lipinski definition) is 2. The molecule has 0 saturated carbocycles. The second-order valence-corrected chi connectivity index (χ2v) is 6.80. The van der Waals surface area contributed by atoms with E-state index in [1.807, 2.05) is 18.2 Å². The van der Waals surface area contributed by atoms with E-state index in [1.54, 1.807) is 13.8 Å². The minimum absolute atomic E-state index is 0.00124. The molecule has 0 spiro atoms. The molecule has 0 N–H and O–H groups in total. The van der Waals surface area contributed by atoms with Gasteiger partial charge in [-0.15, -0.1) is 0 Å². The zero-order valence-electron chi connectivity index (χ0n) is 12.9. The van der Waals surface area contributed by atoms with Crippen LogP contribution in [0.2, 0.25) is 5.02 Å². The summed E-state index contributed by atoms with van der Waals surface area (Å²) in [5.74, 6) is -0.146. The Morgan fingerprint density at radius 1 is 1.20 bits per heavy atom. The predicted octanol–water partition coefficient (Wildman–Crippen LogP) is 4.68. The lowest BCUT2D eigenvalue weighted by molar-refractivity contribution is -0.119. The van der Waals surface area contributed by atoms with Crippen molar-refractivity contribution in [3.05, 3.63) is 34.3 Å². The summed E-state index contributed by atoms with van der Waals surface area (Å²) >= 11 is 6.26. The van der Waals surface area contributed by atoms with Gasteiger partial charge < -0.3 is 4.79 Å². The molecule has 0 radical (unpaired) electrons. The molecule has 1 aromatic rings. The zero-order chi connectivity index (χ0) is 15.5. The molecule has 0 fully saturated rings. The molecular formula is C17H23ClO2. The molecule has 0 aliphatic rings. The minimum Gasteiger partial charge on any atom is -0.300 e. The van der Waals surface area contributed by atoms with Gasteiger partial charge in [-0.25, -0.2) is 0 Å². The van der Waals surface area contributed by atoms with Crippen LogP contribution >= 0.6 is 11.6 Å². The lowest BCUT2D eigenvalue weighted by Gasteiger charge is -2.23. The number of benzene rings is 1. The first-order chi connectivity index (χ1) is 9.12. The van der Waals surface area contributed by atoms with E-state index in [0.29, 0.717) is 17.9 Å². The third kappa shape index (κ3) is 4.45. The largest absolute Gasteiger partial charge is 0.300 e. The van der Waals surface area contributed by atoms with Crippen LogP contribution in [0.15, 0.2) is 18.2 Å². The van der Waals surface area contributed by atoms with Crippen LogP contribution in [0, 0.1) is 0 Å². The van der Waals surface area contributed by atoms with Crippen LogP contribution in [-0.4, -0.2) is 11.6 Å². The van der Waals surface area contributed by atoms with Crippen LogP contribution < -0.4 is 0 Å². The van der Waals surface area contributed by atoms with Crippen molar-refractivity contribution in [2.45, 2.75) is 58.8 Å². The van der Waals surface area contributed by atoms with Crippen molar-refractivity contribution in [3.8, 4) is 0 Å². The highest BCUT2D eigenvalue weighted by molar-refractivity contribution is 6.31. The summed E-state index contributed by atoms with van der Waals surface area (Å²) < 4.78 is 0. The average molecular weight is 295 g/mol.